The lowest BCUT2D eigenvalue weighted by Gasteiger charge is -1.97. The molecule has 1 nitrogen and oxygen atoms in total. The lowest BCUT2D eigenvalue weighted by atomic mass is 10.2. The third-order valence-electron chi connectivity index (χ3n) is 1.34. The summed E-state index contributed by atoms with van der Waals surface area (Å²) in [6.45, 7) is 0. The summed E-state index contributed by atoms with van der Waals surface area (Å²) >= 11 is 3.29. The number of methoxy groups -OCH3 is 1. The van der Waals surface area contributed by atoms with Crippen LogP contribution in [0.3, 0.4) is 0 Å². The van der Waals surface area contributed by atoms with E-state index in [4.69, 9.17) is 4.74 Å². The Balaban J connectivity index is 2.97. The minimum atomic E-state index is -0.256. The Labute approximate surface area is 79.0 Å². The number of hydrogen-bond donors (Lipinski definition) is 0. The Morgan fingerprint density at radius 1 is 1.50 bits per heavy atom. The third kappa shape index (κ3) is 2.34. The second-order valence-corrected chi connectivity index (χ2v) is 3.06. The molecule has 1 rings (SSSR count). The molecule has 0 heterocycles. The second kappa shape index (κ2) is 4.26. The summed E-state index contributed by atoms with van der Waals surface area (Å²) in [4.78, 5) is 0. The average Bonchev–Trinajstić information content (AvgIpc) is 2.07. The molecule has 0 spiro atoms. The van der Waals surface area contributed by atoms with Crippen molar-refractivity contribution in [3.05, 3.63) is 40.3 Å². The molecule has 0 aromatic heterocycles. The summed E-state index contributed by atoms with van der Waals surface area (Å²) in [5.74, 6) is -0.256. The van der Waals surface area contributed by atoms with Crippen LogP contribution in [0.25, 0.3) is 6.08 Å². The summed E-state index contributed by atoms with van der Waals surface area (Å²) in [7, 11) is 1.55. The van der Waals surface area contributed by atoms with Crippen LogP contribution in [0, 0.1) is 5.82 Å². The summed E-state index contributed by atoms with van der Waals surface area (Å²) in [5, 5.41) is 0. The van der Waals surface area contributed by atoms with Crippen molar-refractivity contribution < 1.29 is 9.13 Å². The molecule has 0 saturated carbocycles. The first-order chi connectivity index (χ1) is 5.74. The predicted octanol–water partition coefficient (Wildman–Crippen LogP) is 3.21. The fourth-order valence-corrected chi connectivity index (χ4v) is 1.16. The molecule has 64 valence electrons. The zero-order valence-corrected chi connectivity index (χ0v) is 8.14. The molecule has 0 atom stereocenters. The maximum atomic E-state index is 12.7. The molecule has 0 unspecified atom stereocenters. The number of hydrogen-bond acceptors (Lipinski definition) is 1. The second-order valence-electron chi connectivity index (χ2n) is 2.20. The number of ether oxygens (including phenoxy) is 1. The standard InChI is InChI=1S/C9H8BrFO/c1-12-5-4-7-6-8(11)2-3-9(7)10/h2-6H,1H3/b5-4+. The van der Waals surface area contributed by atoms with Crippen LogP contribution in [0.2, 0.25) is 0 Å². The first kappa shape index (κ1) is 9.26. The Hall–Kier alpha value is -0.830. The first-order valence-corrected chi connectivity index (χ1v) is 4.17. The van der Waals surface area contributed by atoms with Crippen molar-refractivity contribution in [2.45, 2.75) is 0 Å². The zero-order valence-electron chi connectivity index (χ0n) is 6.55. The summed E-state index contributed by atoms with van der Waals surface area (Å²) in [6.07, 6.45) is 3.19. The van der Waals surface area contributed by atoms with E-state index in [9.17, 15) is 4.39 Å². The molecule has 0 amide bonds. The van der Waals surface area contributed by atoms with E-state index in [1.54, 1.807) is 19.3 Å². The number of rotatable bonds is 2. The van der Waals surface area contributed by atoms with Gasteiger partial charge in [-0.2, -0.15) is 0 Å². The topological polar surface area (TPSA) is 9.23 Å². The fourth-order valence-electron chi connectivity index (χ4n) is 0.784. The molecule has 0 N–H and O–H groups in total. The van der Waals surface area contributed by atoms with Crippen molar-refractivity contribution in [2.24, 2.45) is 0 Å². The van der Waals surface area contributed by atoms with Crippen molar-refractivity contribution in [3.8, 4) is 0 Å². The van der Waals surface area contributed by atoms with Crippen LogP contribution >= 0.6 is 15.9 Å². The monoisotopic (exact) mass is 230 g/mol. The van der Waals surface area contributed by atoms with Gasteiger partial charge in [-0.1, -0.05) is 15.9 Å². The highest BCUT2D eigenvalue weighted by molar-refractivity contribution is 9.10. The maximum absolute atomic E-state index is 12.7. The largest absolute Gasteiger partial charge is 0.504 e. The van der Waals surface area contributed by atoms with Crippen LogP contribution in [-0.4, -0.2) is 7.11 Å². The summed E-state index contributed by atoms with van der Waals surface area (Å²) < 4.78 is 18.2. The molecule has 0 radical (unpaired) electrons. The molecule has 0 aliphatic carbocycles. The van der Waals surface area contributed by atoms with Crippen molar-refractivity contribution in [1.29, 1.82) is 0 Å². The van der Waals surface area contributed by atoms with E-state index in [-0.39, 0.29) is 5.82 Å². The van der Waals surface area contributed by atoms with Gasteiger partial charge in [-0.15, -0.1) is 0 Å². The molecule has 1 aromatic rings. The number of benzene rings is 1. The van der Waals surface area contributed by atoms with Gasteiger partial charge in [-0.3, -0.25) is 0 Å². The van der Waals surface area contributed by atoms with Gasteiger partial charge in [0.1, 0.15) is 5.82 Å². The summed E-state index contributed by atoms with van der Waals surface area (Å²) in [5.41, 5.74) is 0.761. The molecule has 3 heteroatoms. The van der Waals surface area contributed by atoms with Gasteiger partial charge in [0.2, 0.25) is 0 Å². The van der Waals surface area contributed by atoms with Crippen molar-refractivity contribution in [1.82, 2.24) is 0 Å². The molecule has 0 aliphatic heterocycles. The summed E-state index contributed by atoms with van der Waals surface area (Å²) in [6, 6.07) is 4.48. The molecule has 0 aliphatic rings. The van der Waals surface area contributed by atoms with Gasteiger partial charge in [0, 0.05) is 4.47 Å². The quantitative estimate of drug-likeness (QED) is 0.710. The van der Waals surface area contributed by atoms with E-state index in [2.05, 4.69) is 15.9 Å². The van der Waals surface area contributed by atoms with E-state index in [1.165, 1.54) is 18.4 Å². The normalized spacial score (nSPS) is 10.6. The van der Waals surface area contributed by atoms with E-state index in [0.29, 0.717) is 0 Å². The zero-order chi connectivity index (χ0) is 8.97. The van der Waals surface area contributed by atoms with E-state index in [1.807, 2.05) is 0 Å². The highest BCUT2D eigenvalue weighted by Crippen LogP contribution is 2.18. The number of halogens is 2. The van der Waals surface area contributed by atoms with E-state index in [0.717, 1.165) is 10.0 Å². The van der Waals surface area contributed by atoms with Gasteiger partial charge in [-0.25, -0.2) is 4.39 Å². The molecular formula is C9H8BrFO. The average molecular weight is 231 g/mol. The van der Waals surface area contributed by atoms with Gasteiger partial charge in [0.15, 0.2) is 0 Å². The highest BCUT2D eigenvalue weighted by Gasteiger charge is 1.96. The Morgan fingerprint density at radius 3 is 2.92 bits per heavy atom. The third-order valence-corrected chi connectivity index (χ3v) is 2.06. The van der Waals surface area contributed by atoms with Crippen LogP contribution in [0.1, 0.15) is 5.56 Å². The highest BCUT2D eigenvalue weighted by atomic mass is 79.9. The smallest absolute Gasteiger partial charge is 0.123 e. The van der Waals surface area contributed by atoms with Gasteiger partial charge >= 0.3 is 0 Å². The predicted molar refractivity (Wildman–Crippen MR) is 50.1 cm³/mol. The first-order valence-electron chi connectivity index (χ1n) is 3.38. The van der Waals surface area contributed by atoms with Crippen molar-refractivity contribution >= 4 is 22.0 Å². The minimum absolute atomic E-state index is 0.256. The molecule has 0 bridgehead atoms. The Bertz CT molecular complexity index is 297. The Morgan fingerprint density at radius 2 is 2.25 bits per heavy atom. The van der Waals surface area contributed by atoms with Crippen molar-refractivity contribution in [2.75, 3.05) is 7.11 Å². The van der Waals surface area contributed by atoms with Crippen LogP contribution in [0.4, 0.5) is 4.39 Å². The fraction of sp³-hybridized carbons (Fsp3) is 0.111. The van der Waals surface area contributed by atoms with Gasteiger partial charge in [0.25, 0.3) is 0 Å². The van der Waals surface area contributed by atoms with Gasteiger partial charge in [-0.05, 0) is 29.8 Å². The molecule has 12 heavy (non-hydrogen) atoms. The van der Waals surface area contributed by atoms with Crippen LogP contribution in [0.5, 0.6) is 0 Å². The van der Waals surface area contributed by atoms with E-state index < -0.39 is 0 Å². The maximum Gasteiger partial charge on any atom is 0.123 e. The van der Waals surface area contributed by atoms with E-state index >= 15 is 0 Å². The lowest BCUT2D eigenvalue weighted by Crippen LogP contribution is -1.79. The van der Waals surface area contributed by atoms with Crippen LogP contribution in [0.15, 0.2) is 28.9 Å². The minimum Gasteiger partial charge on any atom is -0.504 e. The molecular weight excluding hydrogens is 223 g/mol. The lowest BCUT2D eigenvalue weighted by molar-refractivity contribution is 0.341. The SMILES string of the molecule is CO/C=C/c1cc(F)ccc1Br. The van der Waals surface area contributed by atoms with Crippen LogP contribution in [-0.2, 0) is 4.74 Å². The Kier molecular flexibility index (Phi) is 3.29. The van der Waals surface area contributed by atoms with Gasteiger partial charge < -0.3 is 4.74 Å². The molecule has 1 aromatic carbocycles. The molecule has 0 saturated heterocycles. The van der Waals surface area contributed by atoms with Gasteiger partial charge in [0.05, 0.1) is 13.4 Å². The van der Waals surface area contributed by atoms with Crippen LogP contribution < -0.4 is 0 Å². The molecule has 0 fully saturated rings. The van der Waals surface area contributed by atoms with Crippen molar-refractivity contribution in [3.63, 3.8) is 0 Å².